The first-order chi connectivity index (χ1) is 31.5. The Hall–Kier alpha value is -2.44. The zero-order valence-electron chi connectivity index (χ0n) is 42.3. The topological polar surface area (TPSA) is 232 Å². The molecule has 0 aromatic carbocycles. The second-order valence-corrected chi connectivity index (χ2v) is 21.2. The average molecular weight is 998 g/mol. The van der Waals surface area contributed by atoms with E-state index >= 15 is 0 Å². The van der Waals surface area contributed by atoms with Gasteiger partial charge in [-0.3, -0.25) is 0 Å². The van der Waals surface area contributed by atoms with Crippen LogP contribution >= 0.6 is 11.6 Å². The standard InChI is InChI=1S/C16H26O6.C12H22O5.C8H10O3.C6H13ClO.C6H10O4/c1-10(2)15(17)22-12-7-20-13-11(6-19-14(12)13)21-9-18-8-16(3,4)5;1-12(2,3)6-14-7-17-9-5-16-10-8(13)4-15-11(9)10;1-5(2)7(9)11-8(10)6(3)4;1-6(2,3)4-8-5-7;7-3-1-9-6-4(8)2-10-5(3)6/h11-14H,1,6-9H2,2-5H3;8-11,13H,4-7H2,1-3H3;1,3H2,2,4H3;4-5H2,1-3H3;3-8H,1-2H2/t11-,12+,13-,14-;8-,9+,10+,11+;;;3-,4+,5-,6-/m10..1/s1. The molecule has 0 aromatic heterocycles. The van der Waals surface area contributed by atoms with Gasteiger partial charge in [0.05, 0.1) is 59.5 Å². The van der Waals surface area contributed by atoms with Gasteiger partial charge >= 0.3 is 17.9 Å². The lowest BCUT2D eigenvalue weighted by Gasteiger charge is -2.20. The molecule has 19 nitrogen and oxygen atoms in total. The van der Waals surface area contributed by atoms with Crippen LogP contribution in [0.3, 0.4) is 0 Å². The van der Waals surface area contributed by atoms with Gasteiger partial charge in [-0.1, -0.05) is 93.7 Å². The molecule has 0 spiro atoms. The number of halogens is 1. The minimum Gasteiger partial charge on any atom is -0.454 e. The van der Waals surface area contributed by atoms with Crippen molar-refractivity contribution in [3.63, 3.8) is 0 Å². The number of fused-ring (bicyclic) bond motifs is 3. The summed E-state index contributed by atoms with van der Waals surface area (Å²) in [5.74, 6) is -1.84. The van der Waals surface area contributed by atoms with E-state index in [1.807, 2.05) is 0 Å². The number of hydrogen-bond donors (Lipinski definition) is 3. The molecule has 0 unspecified atom stereocenters. The van der Waals surface area contributed by atoms with E-state index in [4.69, 9.17) is 78.7 Å². The first-order valence-electron chi connectivity index (χ1n) is 22.8. The van der Waals surface area contributed by atoms with Crippen molar-refractivity contribution in [2.45, 2.75) is 156 Å². The summed E-state index contributed by atoms with van der Waals surface area (Å²) >= 11 is 5.29. The molecule has 3 N–H and O–H groups in total. The first-order valence-corrected chi connectivity index (χ1v) is 23.3. The smallest absolute Gasteiger partial charge is 0.340 e. The lowest BCUT2D eigenvalue weighted by molar-refractivity contribution is -0.154. The van der Waals surface area contributed by atoms with Gasteiger partial charge in [0.1, 0.15) is 86.8 Å². The Morgan fingerprint density at radius 2 is 0.779 bits per heavy atom. The molecular formula is C48H81ClO19. The third kappa shape index (κ3) is 22.8. The number of alkyl halides is 1. The number of aliphatic hydroxyl groups is 3. The Morgan fingerprint density at radius 1 is 0.485 bits per heavy atom. The molecule has 6 rings (SSSR count). The van der Waals surface area contributed by atoms with E-state index in [0.717, 1.165) is 6.61 Å². The molecule has 6 heterocycles. The Balaban J connectivity index is 0.000000307. The van der Waals surface area contributed by atoms with Crippen LogP contribution in [0.4, 0.5) is 0 Å². The molecular weight excluding hydrogens is 916 g/mol. The summed E-state index contributed by atoms with van der Waals surface area (Å²) in [4.78, 5) is 32.9. The lowest BCUT2D eigenvalue weighted by Crippen LogP contribution is -2.35. The number of aliphatic hydroxyl groups excluding tert-OH is 3. The van der Waals surface area contributed by atoms with Crippen molar-refractivity contribution in [3.05, 3.63) is 36.5 Å². The summed E-state index contributed by atoms with van der Waals surface area (Å²) in [5.41, 5.74) is 1.24. The maximum absolute atomic E-state index is 11.6. The molecule has 0 aromatic rings. The van der Waals surface area contributed by atoms with Crippen molar-refractivity contribution < 1.29 is 91.3 Å². The van der Waals surface area contributed by atoms with E-state index in [-0.39, 0.29) is 103 Å². The van der Waals surface area contributed by atoms with Crippen molar-refractivity contribution in [3.8, 4) is 0 Å². The molecule has 0 radical (unpaired) electrons. The number of ether oxygens (including phenoxy) is 13. The highest BCUT2D eigenvalue weighted by atomic mass is 35.5. The summed E-state index contributed by atoms with van der Waals surface area (Å²) < 4.78 is 69.2. The molecule has 6 aliphatic rings. The predicted octanol–water partition coefficient (Wildman–Crippen LogP) is 4.19. The van der Waals surface area contributed by atoms with Crippen LogP contribution in [0.25, 0.3) is 0 Å². The van der Waals surface area contributed by atoms with Crippen molar-refractivity contribution in [1.82, 2.24) is 0 Å². The summed E-state index contributed by atoms with van der Waals surface area (Å²) in [6, 6.07) is 0.303. The maximum Gasteiger partial charge on any atom is 0.340 e. The van der Waals surface area contributed by atoms with E-state index in [1.165, 1.54) is 13.8 Å². The van der Waals surface area contributed by atoms with E-state index in [1.54, 1.807) is 6.92 Å². The van der Waals surface area contributed by atoms with Gasteiger partial charge in [-0.2, -0.15) is 0 Å². The molecule has 0 bridgehead atoms. The van der Waals surface area contributed by atoms with Crippen LogP contribution < -0.4 is 0 Å². The highest BCUT2D eigenvalue weighted by Gasteiger charge is 2.51. The monoisotopic (exact) mass is 997 g/mol. The van der Waals surface area contributed by atoms with Crippen LogP contribution in [0.2, 0.25) is 0 Å². The predicted molar refractivity (Wildman–Crippen MR) is 248 cm³/mol. The number of carbonyl (C=O) groups is 3. The fraction of sp³-hybridized carbons (Fsp3) is 0.812. The lowest BCUT2D eigenvalue weighted by atomic mass is 9.99. The molecule has 0 amide bonds. The average Bonchev–Trinajstić information content (AvgIpc) is 4.10. The summed E-state index contributed by atoms with van der Waals surface area (Å²) in [5, 5.41) is 27.9. The van der Waals surface area contributed by atoms with Crippen molar-refractivity contribution in [1.29, 1.82) is 0 Å². The molecule has 20 heteroatoms. The second-order valence-electron chi connectivity index (χ2n) is 20.9. The van der Waals surface area contributed by atoms with Crippen molar-refractivity contribution >= 4 is 29.5 Å². The third-order valence-electron chi connectivity index (χ3n) is 9.85. The zero-order valence-corrected chi connectivity index (χ0v) is 43.0. The Morgan fingerprint density at radius 3 is 1.13 bits per heavy atom. The number of rotatable bonds is 14. The van der Waals surface area contributed by atoms with E-state index in [0.29, 0.717) is 51.3 Å². The van der Waals surface area contributed by atoms with Gasteiger partial charge in [-0.15, -0.1) is 0 Å². The van der Waals surface area contributed by atoms with Gasteiger partial charge in [0.25, 0.3) is 0 Å². The largest absolute Gasteiger partial charge is 0.454 e. The fourth-order valence-corrected chi connectivity index (χ4v) is 6.60. The zero-order chi connectivity index (χ0) is 51.6. The molecule has 68 heavy (non-hydrogen) atoms. The minimum absolute atomic E-state index is 0.101. The Labute approximate surface area is 407 Å². The van der Waals surface area contributed by atoms with Crippen LogP contribution in [-0.4, -0.2) is 186 Å². The van der Waals surface area contributed by atoms with Crippen LogP contribution in [0, 0.1) is 16.2 Å². The van der Waals surface area contributed by atoms with Gasteiger partial charge in [-0.25, -0.2) is 14.4 Å². The van der Waals surface area contributed by atoms with Crippen molar-refractivity contribution in [2.24, 2.45) is 16.2 Å². The number of esters is 3. The molecule has 0 aliphatic carbocycles. The van der Waals surface area contributed by atoms with E-state index in [2.05, 4.69) is 86.8 Å². The highest BCUT2D eigenvalue weighted by molar-refractivity contribution is 6.17. The summed E-state index contributed by atoms with van der Waals surface area (Å²) in [6.45, 7) is 38.2. The Kier molecular flexibility index (Phi) is 26.5. The molecule has 6 fully saturated rings. The molecule has 12 atom stereocenters. The van der Waals surface area contributed by atoms with Crippen molar-refractivity contribution in [2.75, 3.05) is 79.1 Å². The van der Waals surface area contributed by atoms with Gasteiger partial charge < -0.3 is 76.9 Å². The minimum atomic E-state index is -0.710. The molecule has 6 saturated heterocycles. The second kappa shape index (κ2) is 29.2. The number of carbonyl (C=O) groups excluding carboxylic acids is 3. The van der Waals surface area contributed by atoms with Gasteiger partial charge in [0.15, 0.2) is 6.10 Å². The Bertz CT molecular complexity index is 1550. The fourth-order valence-electron chi connectivity index (χ4n) is 6.53. The summed E-state index contributed by atoms with van der Waals surface area (Å²) in [6.07, 6.45) is -3.84. The van der Waals surface area contributed by atoms with Gasteiger partial charge in [-0.05, 0) is 37.0 Å². The molecule has 0 saturated carbocycles. The van der Waals surface area contributed by atoms with Crippen LogP contribution in [-0.2, 0) is 76.0 Å². The highest BCUT2D eigenvalue weighted by Crippen LogP contribution is 2.32. The summed E-state index contributed by atoms with van der Waals surface area (Å²) in [7, 11) is 0. The third-order valence-corrected chi connectivity index (χ3v) is 10.0. The normalized spacial score (nSPS) is 30.1. The molecule has 6 aliphatic heterocycles. The van der Waals surface area contributed by atoms with Crippen LogP contribution in [0.15, 0.2) is 36.5 Å². The van der Waals surface area contributed by atoms with Gasteiger partial charge in [0, 0.05) is 16.7 Å². The molecule has 394 valence electrons. The van der Waals surface area contributed by atoms with Crippen LogP contribution in [0.1, 0.15) is 83.1 Å². The van der Waals surface area contributed by atoms with Gasteiger partial charge in [0.2, 0.25) is 0 Å². The quantitative estimate of drug-likeness (QED) is 0.0553. The van der Waals surface area contributed by atoms with Crippen LogP contribution in [0.5, 0.6) is 0 Å². The SMILES string of the molecule is C=C(C)C(=O)OC(=O)C(=C)C.C=C(C)C(=O)O[C@H]1CO[C@H]2[C@@H]1OC[C@H]2OCOCC(C)(C)C.CC(C)(C)COCCl.CC(C)(C)COCO[C@@H]1CO[C@H]2[C@@H]1OC[C@@H]2O.O[C@@H]1CO[C@H]2[C@@H]1OC[C@@H]2O. The van der Waals surface area contributed by atoms with E-state index < -0.39 is 42.3 Å². The number of hydrogen-bond acceptors (Lipinski definition) is 19. The van der Waals surface area contributed by atoms with E-state index in [9.17, 15) is 19.5 Å². The first kappa shape index (κ1) is 61.7. The maximum atomic E-state index is 11.6.